The Kier molecular flexibility index (Phi) is 5.57. The lowest BCUT2D eigenvalue weighted by Gasteiger charge is -2.14. The number of hydrogen-bond acceptors (Lipinski definition) is 5. The minimum Gasteiger partial charge on any atom is -0.493 e. The van der Waals surface area contributed by atoms with E-state index in [1.165, 1.54) is 5.56 Å². The molecule has 0 atom stereocenters. The van der Waals surface area contributed by atoms with Crippen LogP contribution in [0.2, 0.25) is 0 Å². The summed E-state index contributed by atoms with van der Waals surface area (Å²) in [5.41, 5.74) is 5.73. The molecule has 30 heavy (non-hydrogen) atoms. The fourth-order valence-electron chi connectivity index (χ4n) is 3.58. The first-order valence-electron chi connectivity index (χ1n) is 9.92. The van der Waals surface area contributed by atoms with Crippen LogP contribution in [0.4, 0.5) is 0 Å². The van der Waals surface area contributed by atoms with Gasteiger partial charge in [0.15, 0.2) is 17.1 Å². The van der Waals surface area contributed by atoms with Crippen molar-refractivity contribution in [2.45, 2.75) is 19.8 Å². The molecule has 2 aromatic carbocycles. The Morgan fingerprint density at radius 3 is 2.17 bits per heavy atom. The van der Waals surface area contributed by atoms with E-state index in [4.69, 9.17) is 19.2 Å². The number of methoxy groups -OCH3 is 3. The Bertz CT molecular complexity index is 1140. The smallest absolute Gasteiger partial charge is 0.203 e. The van der Waals surface area contributed by atoms with Gasteiger partial charge in [0, 0.05) is 17.7 Å². The van der Waals surface area contributed by atoms with E-state index >= 15 is 0 Å². The lowest BCUT2D eigenvalue weighted by atomic mass is 10.1. The highest BCUT2D eigenvalue weighted by Gasteiger charge is 2.16. The van der Waals surface area contributed by atoms with Crippen molar-refractivity contribution in [1.82, 2.24) is 14.5 Å². The van der Waals surface area contributed by atoms with Crippen LogP contribution >= 0.6 is 0 Å². The monoisotopic (exact) mass is 403 g/mol. The summed E-state index contributed by atoms with van der Waals surface area (Å²) in [6.45, 7) is 2.19. The number of pyridine rings is 1. The number of benzene rings is 2. The van der Waals surface area contributed by atoms with E-state index in [1.54, 1.807) is 27.7 Å². The third-order valence-corrected chi connectivity index (χ3v) is 5.11. The van der Waals surface area contributed by atoms with Gasteiger partial charge in [0.05, 0.1) is 32.7 Å². The maximum Gasteiger partial charge on any atom is 0.203 e. The van der Waals surface area contributed by atoms with Gasteiger partial charge in [-0.1, -0.05) is 37.6 Å². The largest absolute Gasteiger partial charge is 0.493 e. The summed E-state index contributed by atoms with van der Waals surface area (Å²) in [7, 11) is 4.80. The van der Waals surface area contributed by atoms with Crippen molar-refractivity contribution in [2.24, 2.45) is 0 Å². The van der Waals surface area contributed by atoms with Crippen molar-refractivity contribution in [3.63, 3.8) is 0 Å². The molecule has 0 unspecified atom stereocenters. The molecule has 4 rings (SSSR count). The number of nitrogens with zero attached hydrogens (tertiary/aromatic N) is 3. The summed E-state index contributed by atoms with van der Waals surface area (Å²) >= 11 is 0. The average Bonchev–Trinajstić information content (AvgIpc) is 3.22. The summed E-state index contributed by atoms with van der Waals surface area (Å²) in [6, 6.07) is 16.4. The summed E-state index contributed by atoms with van der Waals surface area (Å²) in [5, 5.41) is 0. The first kappa shape index (κ1) is 19.8. The predicted octanol–water partition coefficient (Wildman–Crippen LogP) is 5.07. The number of rotatable bonds is 7. The second kappa shape index (κ2) is 8.45. The molecule has 0 saturated carbocycles. The fourth-order valence-corrected chi connectivity index (χ4v) is 3.58. The van der Waals surface area contributed by atoms with E-state index in [1.807, 2.05) is 28.8 Å². The molecule has 2 aromatic heterocycles. The SMILES string of the molecule is CCCc1ccc(-c2ccc3ncn(-c4cc(OC)c(OC)c(OC)c4)c3n2)cc1. The third kappa shape index (κ3) is 3.56. The second-order valence-electron chi connectivity index (χ2n) is 6.98. The second-order valence-corrected chi connectivity index (χ2v) is 6.98. The van der Waals surface area contributed by atoms with Gasteiger partial charge in [-0.05, 0) is 24.1 Å². The van der Waals surface area contributed by atoms with Gasteiger partial charge in [-0.3, -0.25) is 4.57 Å². The molecule has 2 heterocycles. The third-order valence-electron chi connectivity index (χ3n) is 5.11. The maximum absolute atomic E-state index is 5.49. The molecule has 6 heteroatoms. The highest BCUT2D eigenvalue weighted by Crippen LogP contribution is 2.39. The Balaban J connectivity index is 1.80. The van der Waals surface area contributed by atoms with Crippen molar-refractivity contribution in [1.29, 1.82) is 0 Å². The molecule has 154 valence electrons. The summed E-state index contributed by atoms with van der Waals surface area (Å²) < 4.78 is 18.3. The van der Waals surface area contributed by atoms with Gasteiger partial charge in [-0.25, -0.2) is 9.97 Å². The lowest BCUT2D eigenvalue weighted by Crippen LogP contribution is -2.00. The molecule has 6 nitrogen and oxygen atoms in total. The maximum atomic E-state index is 5.49. The number of ether oxygens (including phenoxy) is 3. The van der Waals surface area contributed by atoms with Gasteiger partial charge >= 0.3 is 0 Å². The summed E-state index contributed by atoms with van der Waals surface area (Å²) in [5.74, 6) is 1.71. The van der Waals surface area contributed by atoms with Crippen LogP contribution in [-0.2, 0) is 6.42 Å². The van der Waals surface area contributed by atoms with E-state index in [0.717, 1.165) is 41.0 Å². The minimum absolute atomic E-state index is 0.550. The molecule has 0 radical (unpaired) electrons. The highest BCUT2D eigenvalue weighted by molar-refractivity contribution is 5.77. The van der Waals surface area contributed by atoms with E-state index in [2.05, 4.69) is 36.2 Å². The molecule has 0 amide bonds. The van der Waals surface area contributed by atoms with Gasteiger partial charge in [0.2, 0.25) is 5.75 Å². The number of aromatic nitrogens is 3. The van der Waals surface area contributed by atoms with Crippen molar-refractivity contribution in [3.05, 3.63) is 60.4 Å². The zero-order chi connectivity index (χ0) is 21.1. The molecule has 0 N–H and O–H groups in total. The van der Waals surface area contributed by atoms with E-state index in [9.17, 15) is 0 Å². The van der Waals surface area contributed by atoms with Gasteiger partial charge in [-0.2, -0.15) is 0 Å². The molecule has 0 saturated heterocycles. The molecule has 0 bridgehead atoms. The average molecular weight is 403 g/mol. The van der Waals surface area contributed by atoms with Crippen molar-refractivity contribution in [3.8, 4) is 34.2 Å². The predicted molar refractivity (Wildman–Crippen MR) is 118 cm³/mol. The number of fused-ring (bicyclic) bond motifs is 1. The van der Waals surface area contributed by atoms with Crippen LogP contribution in [0.3, 0.4) is 0 Å². The standard InChI is InChI=1S/C24H25N3O3/c1-5-6-16-7-9-17(10-8-16)19-11-12-20-24(26-19)27(15-25-20)18-13-21(28-2)23(30-4)22(14-18)29-3/h7-15H,5-6H2,1-4H3. The van der Waals surface area contributed by atoms with Crippen LogP contribution in [0.1, 0.15) is 18.9 Å². The molecule has 0 aliphatic heterocycles. The highest BCUT2D eigenvalue weighted by atomic mass is 16.5. The Labute approximate surface area is 176 Å². The Morgan fingerprint density at radius 1 is 0.867 bits per heavy atom. The van der Waals surface area contributed by atoms with Gasteiger partial charge in [-0.15, -0.1) is 0 Å². The normalized spacial score (nSPS) is 10.9. The van der Waals surface area contributed by atoms with E-state index in [-0.39, 0.29) is 0 Å². The minimum atomic E-state index is 0.550. The van der Waals surface area contributed by atoms with Crippen LogP contribution < -0.4 is 14.2 Å². The topological polar surface area (TPSA) is 58.4 Å². The van der Waals surface area contributed by atoms with Crippen LogP contribution in [-0.4, -0.2) is 35.9 Å². The summed E-state index contributed by atoms with van der Waals surface area (Å²) in [6.07, 6.45) is 3.98. The van der Waals surface area contributed by atoms with E-state index < -0.39 is 0 Å². The fraction of sp³-hybridized carbons (Fsp3) is 0.250. The first-order chi connectivity index (χ1) is 14.7. The number of imidazole rings is 1. The van der Waals surface area contributed by atoms with Gasteiger partial charge in [0.25, 0.3) is 0 Å². The number of hydrogen-bond donors (Lipinski definition) is 0. The van der Waals surface area contributed by atoms with Crippen LogP contribution in [0.5, 0.6) is 17.2 Å². The molecular weight excluding hydrogens is 378 g/mol. The zero-order valence-electron chi connectivity index (χ0n) is 17.7. The van der Waals surface area contributed by atoms with Crippen molar-refractivity contribution in [2.75, 3.05) is 21.3 Å². The Morgan fingerprint density at radius 2 is 1.57 bits per heavy atom. The van der Waals surface area contributed by atoms with E-state index in [0.29, 0.717) is 17.2 Å². The molecular formula is C24H25N3O3. The molecule has 0 aliphatic rings. The molecule has 4 aromatic rings. The summed E-state index contributed by atoms with van der Waals surface area (Å²) in [4.78, 5) is 9.41. The first-order valence-corrected chi connectivity index (χ1v) is 9.92. The zero-order valence-corrected chi connectivity index (χ0v) is 17.7. The van der Waals surface area contributed by atoms with Crippen LogP contribution in [0.25, 0.3) is 28.1 Å². The molecule has 0 aliphatic carbocycles. The number of aryl methyl sites for hydroxylation is 1. The van der Waals surface area contributed by atoms with Crippen LogP contribution in [0, 0.1) is 0 Å². The van der Waals surface area contributed by atoms with Crippen molar-refractivity contribution >= 4 is 11.2 Å². The Hall–Kier alpha value is -3.54. The lowest BCUT2D eigenvalue weighted by molar-refractivity contribution is 0.324. The molecule has 0 spiro atoms. The van der Waals surface area contributed by atoms with Gasteiger partial charge < -0.3 is 14.2 Å². The van der Waals surface area contributed by atoms with Gasteiger partial charge in [0.1, 0.15) is 11.8 Å². The molecule has 0 fully saturated rings. The van der Waals surface area contributed by atoms with Crippen molar-refractivity contribution < 1.29 is 14.2 Å². The quantitative estimate of drug-likeness (QED) is 0.431. The van der Waals surface area contributed by atoms with Crippen LogP contribution in [0.15, 0.2) is 54.9 Å².